The molecule has 0 bridgehead atoms. The monoisotopic (exact) mass is 287 g/mol. The van der Waals surface area contributed by atoms with E-state index in [2.05, 4.69) is 10.6 Å². The van der Waals surface area contributed by atoms with Crippen LogP contribution in [0, 0.1) is 5.82 Å². The van der Waals surface area contributed by atoms with Crippen LogP contribution in [-0.4, -0.2) is 11.8 Å². The molecule has 6 heteroatoms. The van der Waals surface area contributed by atoms with Crippen molar-refractivity contribution in [3.8, 4) is 0 Å². The Bertz CT molecular complexity index is 701. The lowest BCUT2D eigenvalue weighted by Gasteiger charge is -2.08. The highest BCUT2D eigenvalue weighted by atomic mass is 19.1. The molecule has 0 aliphatic heterocycles. The second-order valence-electron chi connectivity index (χ2n) is 4.46. The highest BCUT2D eigenvalue weighted by Crippen LogP contribution is 2.18. The number of nitrogens with two attached hydrogens (primary N) is 1. The fraction of sp³-hybridized carbons (Fsp3) is 0.0667. The molecule has 0 aromatic heterocycles. The van der Waals surface area contributed by atoms with Crippen LogP contribution >= 0.6 is 0 Å². The van der Waals surface area contributed by atoms with Crippen LogP contribution in [0.1, 0.15) is 17.3 Å². The van der Waals surface area contributed by atoms with Gasteiger partial charge in [-0.1, -0.05) is 6.07 Å². The molecule has 0 atom stereocenters. The van der Waals surface area contributed by atoms with Gasteiger partial charge in [0.15, 0.2) is 0 Å². The van der Waals surface area contributed by atoms with E-state index in [4.69, 9.17) is 5.73 Å². The molecule has 0 saturated carbocycles. The second kappa shape index (κ2) is 6.04. The zero-order chi connectivity index (χ0) is 15.4. The van der Waals surface area contributed by atoms with Crippen LogP contribution in [0.5, 0.6) is 0 Å². The number of anilines is 3. The lowest BCUT2D eigenvalue weighted by atomic mass is 10.1. The highest BCUT2D eigenvalue weighted by Gasteiger charge is 2.12. The van der Waals surface area contributed by atoms with Crippen molar-refractivity contribution in [2.45, 2.75) is 6.92 Å². The minimum Gasteiger partial charge on any atom is -0.399 e. The summed E-state index contributed by atoms with van der Waals surface area (Å²) in [6.07, 6.45) is 0. The van der Waals surface area contributed by atoms with E-state index < -0.39 is 11.7 Å². The Balaban J connectivity index is 2.17. The number of nitrogen functional groups attached to an aromatic ring is 1. The van der Waals surface area contributed by atoms with Crippen LogP contribution in [0.25, 0.3) is 0 Å². The van der Waals surface area contributed by atoms with Gasteiger partial charge in [0.05, 0.1) is 5.56 Å². The summed E-state index contributed by atoms with van der Waals surface area (Å²) in [5.41, 5.74) is 6.57. The fourth-order valence-corrected chi connectivity index (χ4v) is 1.79. The Morgan fingerprint density at radius 2 is 1.71 bits per heavy atom. The summed E-state index contributed by atoms with van der Waals surface area (Å²) in [5.74, 6) is -1.50. The fourth-order valence-electron chi connectivity index (χ4n) is 1.79. The summed E-state index contributed by atoms with van der Waals surface area (Å²) < 4.78 is 13.7. The number of hydrogen-bond donors (Lipinski definition) is 3. The average Bonchev–Trinajstić information content (AvgIpc) is 2.37. The van der Waals surface area contributed by atoms with Gasteiger partial charge in [-0.15, -0.1) is 0 Å². The maximum atomic E-state index is 13.7. The van der Waals surface area contributed by atoms with Crippen molar-refractivity contribution in [2.24, 2.45) is 0 Å². The Morgan fingerprint density at radius 3 is 2.33 bits per heavy atom. The lowest BCUT2D eigenvalue weighted by molar-refractivity contribution is -0.114. The van der Waals surface area contributed by atoms with Crippen molar-refractivity contribution >= 4 is 28.9 Å². The molecular formula is C15H14FN3O2. The predicted octanol–water partition coefficient (Wildman–Crippen LogP) is 2.62. The molecule has 2 aromatic carbocycles. The number of carbonyl (C=O) groups excluding carboxylic acids is 2. The molecule has 108 valence electrons. The predicted molar refractivity (Wildman–Crippen MR) is 79.5 cm³/mol. The lowest BCUT2D eigenvalue weighted by Crippen LogP contribution is -2.14. The standard InChI is InChI=1S/C15H14FN3O2/c1-9(20)18-11-3-2-4-12(8-11)19-15(21)13-6-5-10(17)7-14(13)16/h2-8H,17H2,1H3,(H,18,20)(H,19,21). The van der Waals surface area contributed by atoms with Crippen molar-refractivity contribution in [1.29, 1.82) is 0 Å². The molecule has 0 aliphatic carbocycles. The summed E-state index contributed by atoms with van der Waals surface area (Å²) in [4.78, 5) is 23.0. The smallest absolute Gasteiger partial charge is 0.258 e. The number of benzene rings is 2. The van der Waals surface area contributed by atoms with Crippen LogP contribution in [-0.2, 0) is 4.79 Å². The van der Waals surface area contributed by atoms with Gasteiger partial charge < -0.3 is 16.4 Å². The van der Waals surface area contributed by atoms with Crippen molar-refractivity contribution in [2.75, 3.05) is 16.4 Å². The molecule has 5 nitrogen and oxygen atoms in total. The summed E-state index contributed by atoms with van der Waals surface area (Å²) in [5, 5.41) is 5.16. The summed E-state index contributed by atoms with van der Waals surface area (Å²) in [6.45, 7) is 1.38. The Morgan fingerprint density at radius 1 is 1.05 bits per heavy atom. The highest BCUT2D eigenvalue weighted by molar-refractivity contribution is 6.05. The molecule has 2 rings (SSSR count). The molecule has 4 N–H and O–H groups in total. The molecule has 0 unspecified atom stereocenters. The van der Waals surface area contributed by atoms with Gasteiger partial charge in [-0.05, 0) is 36.4 Å². The van der Waals surface area contributed by atoms with Crippen molar-refractivity contribution in [1.82, 2.24) is 0 Å². The third-order valence-electron chi connectivity index (χ3n) is 2.68. The average molecular weight is 287 g/mol. The Hall–Kier alpha value is -2.89. The number of carbonyl (C=O) groups is 2. The van der Waals surface area contributed by atoms with Gasteiger partial charge in [-0.3, -0.25) is 9.59 Å². The van der Waals surface area contributed by atoms with Gasteiger partial charge in [-0.2, -0.15) is 0 Å². The van der Waals surface area contributed by atoms with Crippen LogP contribution in [0.4, 0.5) is 21.5 Å². The Labute approximate surface area is 121 Å². The SMILES string of the molecule is CC(=O)Nc1cccc(NC(=O)c2ccc(N)cc2F)c1. The van der Waals surface area contributed by atoms with Gasteiger partial charge in [0.2, 0.25) is 5.91 Å². The first-order valence-corrected chi connectivity index (χ1v) is 6.20. The van der Waals surface area contributed by atoms with Gasteiger partial charge >= 0.3 is 0 Å². The van der Waals surface area contributed by atoms with Crippen LogP contribution in [0.2, 0.25) is 0 Å². The van der Waals surface area contributed by atoms with Crippen LogP contribution in [0.15, 0.2) is 42.5 Å². The van der Waals surface area contributed by atoms with E-state index in [-0.39, 0.29) is 17.2 Å². The Kier molecular flexibility index (Phi) is 4.18. The maximum Gasteiger partial charge on any atom is 0.258 e. The van der Waals surface area contributed by atoms with Crippen LogP contribution in [0.3, 0.4) is 0 Å². The zero-order valence-corrected chi connectivity index (χ0v) is 11.3. The first-order chi connectivity index (χ1) is 9.95. The second-order valence-corrected chi connectivity index (χ2v) is 4.46. The van der Waals surface area contributed by atoms with E-state index in [1.54, 1.807) is 24.3 Å². The van der Waals surface area contributed by atoms with Gasteiger partial charge in [0.1, 0.15) is 5.82 Å². The quantitative estimate of drug-likeness (QED) is 0.759. The molecule has 0 aliphatic rings. The van der Waals surface area contributed by atoms with Crippen molar-refractivity contribution < 1.29 is 14.0 Å². The van der Waals surface area contributed by atoms with Gasteiger partial charge in [-0.25, -0.2) is 4.39 Å². The minimum atomic E-state index is -0.689. The molecule has 2 amide bonds. The molecule has 0 fully saturated rings. The number of hydrogen-bond acceptors (Lipinski definition) is 3. The number of nitrogens with one attached hydrogen (secondary N) is 2. The molecule has 0 radical (unpaired) electrons. The molecule has 0 heterocycles. The number of rotatable bonds is 3. The van der Waals surface area contributed by atoms with E-state index in [0.717, 1.165) is 6.07 Å². The largest absolute Gasteiger partial charge is 0.399 e. The van der Waals surface area contributed by atoms with E-state index in [0.29, 0.717) is 11.4 Å². The topological polar surface area (TPSA) is 84.2 Å². The summed E-state index contributed by atoms with van der Waals surface area (Å²) in [7, 11) is 0. The van der Waals surface area contributed by atoms with Crippen molar-refractivity contribution in [3.05, 3.63) is 53.8 Å². The van der Waals surface area contributed by atoms with E-state index >= 15 is 0 Å². The molecular weight excluding hydrogens is 273 g/mol. The van der Waals surface area contributed by atoms with Crippen molar-refractivity contribution in [3.63, 3.8) is 0 Å². The normalized spacial score (nSPS) is 10.0. The van der Waals surface area contributed by atoms with E-state index in [9.17, 15) is 14.0 Å². The maximum absolute atomic E-state index is 13.7. The number of halogens is 1. The van der Waals surface area contributed by atoms with E-state index in [1.165, 1.54) is 19.1 Å². The molecule has 21 heavy (non-hydrogen) atoms. The molecule has 2 aromatic rings. The summed E-state index contributed by atoms with van der Waals surface area (Å²) >= 11 is 0. The first-order valence-electron chi connectivity index (χ1n) is 6.20. The number of amides is 2. The molecule has 0 spiro atoms. The van der Waals surface area contributed by atoms with E-state index in [1.807, 2.05) is 0 Å². The van der Waals surface area contributed by atoms with Gasteiger partial charge in [0, 0.05) is 24.0 Å². The summed E-state index contributed by atoms with van der Waals surface area (Å²) in [6, 6.07) is 10.4. The first kappa shape index (κ1) is 14.5. The zero-order valence-electron chi connectivity index (χ0n) is 11.3. The van der Waals surface area contributed by atoms with Gasteiger partial charge in [0.25, 0.3) is 5.91 Å². The third kappa shape index (κ3) is 3.79. The minimum absolute atomic E-state index is 0.103. The molecule has 0 saturated heterocycles. The van der Waals surface area contributed by atoms with Crippen LogP contribution < -0.4 is 16.4 Å². The third-order valence-corrected chi connectivity index (χ3v) is 2.68.